The monoisotopic (exact) mass is 423 g/mol. The third-order valence-corrected chi connectivity index (χ3v) is 5.60. The molecule has 0 saturated heterocycles. The van der Waals surface area contributed by atoms with Crippen LogP contribution < -0.4 is 14.2 Å². The van der Waals surface area contributed by atoms with Gasteiger partial charge in [0.15, 0.2) is 11.5 Å². The smallest absolute Gasteiger partial charge is 0.258 e. The van der Waals surface area contributed by atoms with E-state index in [-0.39, 0.29) is 0 Å². The van der Waals surface area contributed by atoms with Gasteiger partial charge in [-0.3, -0.25) is 0 Å². The van der Waals surface area contributed by atoms with Crippen LogP contribution in [-0.4, -0.2) is 36.5 Å². The summed E-state index contributed by atoms with van der Waals surface area (Å²) in [6.45, 7) is 2.10. The average Bonchev–Trinajstić information content (AvgIpc) is 3.48. The van der Waals surface area contributed by atoms with Gasteiger partial charge in [-0.05, 0) is 24.6 Å². The van der Waals surface area contributed by atoms with Crippen molar-refractivity contribution in [2.24, 2.45) is 0 Å². The molecule has 4 rings (SSSR count). The van der Waals surface area contributed by atoms with Gasteiger partial charge in [-0.25, -0.2) is 4.98 Å². The lowest BCUT2D eigenvalue weighted by molar-refractivity contribution is 0.324. The van der Waals surface area contributed by atoms with Crippen molar-refractivity contribution in [3.63, 3.8) is 0 Å². The molecule has 0 fully saturated rings. The molecule has 8 heteroatoms. The number of nitrogens with zero attached hydrogens (tertiary/aromatic N) is 3. The Balaban J connectivity index is 1.69. The number of thiazole rings is 1. The molecule has 0 spiro atoms. The Kier molecular flexibility index (Phi) is 5.67. The molecule has 154 valence electrons. The maximum Gasteiger partial charge on any atom is 0.258 e. The molecule has 0 radical (unpaired) electrons. The van der Waals surface area contributed by atoms with E-state index < -0.39 is 0 Å². The molecular weight excluding hydrogens is 402 g/mol. The molecular formula is C22H21N3O4S. The SMILES string of the molecule is CCc1nc(-c2cccc(-c3noc(-c4cc(OC)c(OC)c(OC)c4)n3)c2)cs1. The summed E-state index contributed by atoms with van der Waals surface area (Å²) < 4.78 is 21.7. The maximum atomic E-state index is 5.52. The molecule has 0 atom stereocenters. The van der Waals surface area contributed by atoms with Crippen LogP contribution in [0.4, 0.5) is 0 Å². The normalized spacial score (nSPS) is 10.8. The van der Waals surface area contributed by atoms with E-state index in [0.29, 0.717) is 34.5 Å². The molecule has 0 saturated carbocycles. The summed E-state index contributed by atoms with van der Waals surface area (Å²) in [4.78, 5) is 9.22. The highest BCUT2D eigenvalue weighted by Gasteiger charge is 2.18. The summed E-state index contributed by atoms with van der Waals surface area (Å²) in [6.07, 6.45) is 0.924. The minimum atomic E-state index is 0.358. The molecule has 7 nitrogen and oxygen atoms in total. The number of hydrogen-bond donors (Lipinski definition) is 0. The summed E-state index contributed by atoms with van der Waals surface area (Å²) in [7, 11) is 4.69. The van der Waals surface area contributed by atoms with Gasteiger partial charge < -0.3 is 18.7 Å². The number of methoxy groups -OCH3 is 3. The molecule has 0 unspecified atom stereocenters. The van der Waals surface area contributed by atoms with Crippen LogP contribution in [0.5, 0.6) is 17.2 Å². The van der Waals surface area contributed by atoms with E-state index in [9.17, 15) is 0 Å². The standard InChI is InChI=1S/C22H21N3O4S/c1-5-19-23-16(12-30-19)13-7-6-8-14(9-13)21-24-22(29-25-21)15-10-17(26-2)20(28-4)18(11-15)27-3/h6-12H,5H2,1-4H3. The Morgan fingerprint density at radius 1 is 0.900 bits per heavy atom. The zero-order valence-corrected chi connectivity index (χ0v) is 17.9. The fourth-order valence-electron chi connectivity index (χ4n) is 3.09. The quantitative estimate of drug-likeness (QED) is 0.408. The molecule has 4 aromatic rings. The molecule has 0 aliphatic rings. The molecule has 2 aromatic carbocycles. The maximum absolute atomic E-state index is 5.52. The van der Waals surface area contributed by atoms with E-state index in [1.807, 2.05) is 24.3 Å². The number of aryl methyl sites for hydroxylation is 1. The largest absolute Gasteiger partial charge is 0.493 e. The van der Waals surface area contributed by atoms with Crippen molar-refractivity contribution in [3.8, 4) is 51.3 Å². The second-order valence-corrected chi connectivity index (χ2v) is 7.34. The lowest BCUT2D eigenvalue weighted by atomic mass is 10.1. The van der Waals surface area contributed by atoms with E-state index in [1.54, 1.807) is 44.8 Å². The van der Waals surface area contributed by atoms with Gasteiger partial charge in [-0.15, -0.1) is 11.3 Å². The Labute approximate surface area is 178 Å². The molecule has 0 aliphatic heterocycles. The molecule has 0 N–H and O–H groups in total. The first kappa shape index (κ1) is 19.9. The average molecular weight is 423 g/mol. The van der Waals surface area contributed by atoms with Crippen molar-refractivity contribution in [2.45, 2.75) is 13.3 Å². The molecule has 0 amide bonds. The van der Waals surface area contributed by atoms with Crippen LogP contribution in [0, 0.1) is 0 Å². The molecule has 30 heavy (non-hydrogen) atoms. The van der Waals surface area contributed by atoms with E-state index in [1.165, 1.54) is 0 Å². The van der Waals surface area contributed by atoms with Crippen molar-refractivity contribution >= 4 is 11.3 Å². The second-order valence-electron chi connectivity index (χ2n) is 6.40. The zero-order chi connectivity index (χ0) is 21.1. The van der Waals surface area contributed by atoms with Gasteiger partial charge in [0.25, 0.3) is 5.89 Å². The highest BCUT2D eigenvalue weighted by Crippen LogP contribution is 2.41. The highest BCUT2D eigenvalue weighted by atomic mass is 32.1. The fourth-order valence-corrected chi connectivity index (χ4v) is 3.84. The summed E-state index contributed by atoms with van der Waals surface area (Å²) in [5.74, 6) is 2.39. The van der Waals surface area contributed by atoms with Crippen LogP contribution in [0.25, 0.3) is 34.1 Å². The lowest BCUT2D eigenvalue weighted by Gasteiger charge is -2.12. The molecule has 0 aliphatic carbocycles. The van der Waals surface area contributed by atoms with Crippen LogP contribution >= 0.6 is 11.3 Å². The van der Waals surface area contributed by atoms with Gasteiger partial charge >= 0.3 is 0 Å². The van der Waals surface area contributed by atoms with Crippen LogP contribution in [0.15, 0.2) is 46.3 Å². The van der Waals surface area contributed by atoms with E-state index in [0.717, 1.165) is 28.2 Å². The predicted octanol–water partition coefficient (Wildman–Crippen LogP) is 5.12. The van der Waals surface area contributed by atoms with E-state index in [2.05, 4.69) is 27.4 Å². The summed E-state index contributed by atoms with van der Waals surface area (Å²) in [5.41, 5.74) is 3.49. The minimum Gasteiger partial charge on any atom is -0.493 e. The van der Waals surface area contributed by atoms with Crippen molar-refractivity contribution in [1.29, 1.82) is 0 Å². The van der Waals surface area contributed by atoms with Crippen LogP contribution in [-0.2, 0) is 6.42 Å². The first-order valence-electron chi connectivity index (χ1n) is 9.36. The summed E-state index contributed by atoms with van der Waals surface area (Å²) in [6, 6.07) is 11.5. The van der Waals surface area contributed by atoms with Gasteiger partial charge in [0, 0.05) is 22.1 Å². The second kappa shape index (κ2) is 8.54. The number of hydrogen-bond acceptors (Lipinski definition) is 8. The van der Waals surface area contributed by atoms with E-state index >= 15 is 0 Å². The molecule has 2 heterocycles. The zero-order valence-electron chi connectivity index (χ0n) is 17.1. The van der Waals surface area contributed by atoms with Gasteiger partial charge in [0.1, 0.15) is 0 Å². The third kappa shape index (κ3) is 3.73. The highest BCUT2D eigenvalue weighted by molar-refractivity contribution is 7.09. The Bertz CT molecular complexity index is 1140. The topological polar surface area (TPSA) is 79.5 Å². The molecule has 2 aromatic heterocycles. The third-order valence-electron chi connectivity index (χ3n) is 4.61. The van der Waals surface area contributed by atoms with Crippen LogP contribution in [0.2, 0.25) is 0 Å². The van der Waals surface area contributed by atoms with E-state index in [4.69, 9.17) is 18.7 Å². The first-order valence-corrected chi connectivity index (χ1v) is 10.2. The Hall–Kier alpha value is -3.39. The lowest BCUT2D eigenvalue weighted by Crippen LogP contribution is -1.95. The van der Waals surface area contributed by atoms with Gasteiger partial charge in [0.05, 0.1) is 32.0 Å². The number of ether oxygens (including phenoxy) is 3. The van der Waals surface area contributed by atoms with Crippen LogP contribution in [0.1, 0.15) is 11.9 Å². The van der Waals surface area contributed by atoms with Gasteiger partial charge in [0.2, 0.25) is 11.6 Å². The number of aromatic nitrogens is 3. The first-order chi connectivity index (χ1) is 14.7. The summed E-state index contributed by atoms with van der Waals surface area (Å²) >= 11 is 1.66. The van der Waals surface area contributed by atoms with Crippen molar-refractivity contribution < 1.29 is 18.7 Å². The van der Waals surface area contributed by atoms with Crippen LogP contribution in [0.3, 0.4) is 0 Å². The molecule has 0 bridgehead atoms. The predicted molar refractivity (Wildman–Crippen MR) is 115 cm³/mol. The summed E-state index contributed by atoms with van der Waals surface area (Å²) in [5, 5.41) is 7.33. The van der Waals surface area contributed by atoms with Gasteiger partial charge in [-0.1, -0.05) is 30.3 Å². The fraction of sp³-hybridized carbons (Fsp3) is 0.227. The Morgan fingerprint density at radius 2 is 1.63 bits per heavy atom. The minimum absolute atomic E-state index is 0.358. The van der Waals surface area contributed by atoms with Gasteiger partial charge in [-0.2, -0.15) is 4.98 Å². The van der Waals surface area contributed by atoms with Crippen molar-refractivity contribution in [1.82, 2.24) is 15.1 Å². The number of rotatable bonds is 7. The Morgan fingerprint density at radius 3 is 2.27 bits per heavy atom. The van der Waals surface area contributed by atoms with Crippen molar-refractivity contribution in [3.05, 3.63) is 46.8 Å². The van der Waals surface area contributed by atoms with Crippen molar-refractivity contribution in [2.75, 3.05) is 21.3 Å². The number of benzene rings is 2.